The van der Waals surface area contributed by atoms with Gasteiger partial charge in [0, 0.05) is 17.2 Å². The molecule has 3 nitrogen and oxygen atoms in total. The first kappa shape index (κ1) is 12.2. The summed E-state index contributed by atoms with van der Waals surface area (Å²) in [5.41, 5.74) is 1.10. The second-order valence-electron chi connectivity index (χ2n) is 4.42. The molecule has 1 aliphatic carbocycles. The highest BCUT2D eigenvalue weighted by Gasteiger charge is 2.31. The van der Waals surface area contributed by atoms with Gasteiger partial charge in [-0.05, 0) is 18.8 Å². The summed E-state index contributed by atoms with van der Waals surface area (Å²) >= 11 is 0. The maximum atomic E-state index is 14.0. The van der Waals surface area contributed by atoms with Crippen LogP contribution in [0.2, 0.25) is 0 Å². The number of fused-ring (bicyclic) bond motifs is 1. The summed E-state index contributed by atoms with van der Waals surface area (Å²) in [7, 11) is 2.96. The summed E-state index contributed by atoms with van der Waals surface area (Å²) < 4.78 is 24.4. The summed E-state index contributed by atoms with van der Waals surface area (Å²) in [5, 5.41) is 10.0. The average Bonchev–Trinajstić information content (AvgIpc) is 2.32. The lowest BCUT2D eigenvalue weighted by molar-refractivity contribution is 0.145. The normalized spacial score (nSPS) is 23.1. The molecule has 1 aliphatic rings. The number of benzene rings is 1. The minimum atomic E-state index is -0.680. The minimum absolute atomic E-state index is 0.0909. The second-order valence-corrected chi connectivity index (χ2v) is 4.42. The fraction of sp³-hybridized carbons (Fsp3) is 0.538. The van der Waals surface area contributed by atoms with Crippen LogP contribution in [0.3, 0.4) is 0 Å². The Morgan fingerprint density at radius 2 is 1.94 bits per heavy atom. The van der Waals surface area contributed by atoms with E-state index in [1.54, 1.807) is 0 Å². The standard InChI is InChI=1S/C13H17FO3/c1-7-4-5-9(15)12-11(7)8(14)6-10(16-2)13(12)17-3/h6-7,9,15H,4-5H2,1-3H3. The maximum Gasteiger partial charge on any atom is 0.167 e. The maximum absolute atomic E-state index is 14.0. The highest BCUT2D eigenvalue weighted by molar-refractivity contribution is 5.54. The largest absolute Gasteiger partial charge is 0.493 e. The van der Waals surface area contributed by atoms with E-state index in [-0.39, 0.29) is 11.7 Å². The molecule has 0 aromatic heterocycles. The molecule has 0 saturated heterocycles. The molecule has 2 unspecified atom stereocenters. The predicted octanol–water partition coefficient (Wildman–Crippen LogP) is 2.77. The van der Waals surface area contributed by atoms with Crippen LogP contribution in [-0.2, 0) is 0 Å². The molecule has 0 heterocycles. The molecule has 0 fully saturated rings. The Hall–Kier alpha value is -1.29. The van der Waals surface area contributed by atoms with E-state index in [0.29, 0.717) is 29.0 Å². The zero-order chi connectivity index (χ0) is 12.6. The minimum Gasteiger partial charge on any atom is -0.493 e. The molecule has 0 bridgehead atoms. The topological polar surface area (TPSA) is 38.7 Å². The van der Waals surface area contributed by atoms with Gasteiger partial charge in [0.2, 0.25) is 0 Å². The first-order valence-electron chi connectivity index (χ1n) is 5.72. The third-order valence-electron chi connectivity index (χ3n) is 3.40. The van der Waals surface area contributed by atoms with Crippen molar-refractivity contribution >= 4 is 0 Å². The Kier molecular flexibility index (Phi) is 3.24. The molecule has 0 aliphatic heterocycles. The first-order valence-corrected chi connectivity index (χ1v) is 5.72. The lowest BCUT2D eigenvalue weighted by atomic mass is 9.81. The molecule has 1 aromatic carbocycles. The molecule has 0 radical (unpaired) electrons. The summed E-state index contributed by atoms with van der Waals surface area (Å²) in [6.07, 6.45) is 0.721. The van der Waals surface area contributed by atoms with E-state index in [9.17, 15) is 9.50 Å². The number of aliphatic hydroxyl groups excluding tert-OH is 1. The molecule has 2 rings (SSSR count). The van der Waals surface area contributed by atoms with Crippen LogP contribution < -0.4 is 9.47 Å². The Morgan fingerprint density at radius 1 is 1.24 bits per heavy atom. The molecular weight excluding hydrogens is 223 g/mol. The molecular formula is C13H17FO3. The summed E-state index contributed by atoms with van der Waals surface area (Å²) in [6.45, 7) is 1.96. The van der Waals surface area contributed by atoms with Gasteiger partial charge in [0.1, 0.15) is 5.82 Å². The molecule has 1 N–H and O–H groups in total. The van der Waals surface area contributed by atoms with Crippen molar-refractivity contribution < 1.29 is 19.0 Å². The number of ether oxygens (including phenoxy) is 2. The smallest absolute Gasteiger partial charge is 0.167 e. The Balaban J connectivity index is 2.70. The summed E-state index contributed by atoms with van der Waals surface area (Å²) in [6, 6.07) is 1.33. The van der Waals surface area contributed by atoms with E-state index < -0.39 is 6.10 Å². The van der Waals surface area contributed by atoms with E-state index in [2.05, 4.69) is 0 Å². The Labute approximate surface area is 100 Å². The van der Waals surface area contributed by atoms with Crippen LogP contribution >= 0.6 is 0 Å². The predicted molar refractivity (Wildman–Crippen MR) is 62.1 cm³/mol. The second kappa shape index (κ2) is 4.53. The highest BCUT2D eigenvalue weighted by Crippen LogP contribution is 2.47. The first-order chi connectivity index (χ1) is 8.10. The molecule has 0 amide bonds. The van der Waals surface area contributed by atoms with Gasteiger partial charge in [-0.25, -0.2) is 4.39 Å². The van der Waals surface area contributed by atoms with Gasteiger partial charge in [0.25, 0.3) is 0 Å². The lowest BCUT2D eigenvalue weighted by Gasteiger charge is -2.29. The summed E-state index contributed by atoms with van der Waals surface area (Å²) in [5.74, 6) is 0.539. The van der Waals surface area contributed by atoms with Gasteiger partial charge >= 0.3 is 0 Å². The van der Waals surface area contributed by atoms with Crippen LogP contribution in [0.1, 0.15) is 42.9 Å². The third kappa shape index (κ3) is 1.86. The molecule has 94 valence electrons. The van der Waals surface area contributed by atoms with Gasteiger partial charge in [-0.15, -0.1) is 0 Å². The van der Waals surface area contributed by atoms with Gasteiger partial charge < -0.3 is 14.6 Å². The van der Waals surface area contributed by atoms with Crippen LogP contribution in [0.15, 0.2) is 6.07 Å². The third-order valence-corrected chi connectivity index (χ3v) is 3.40. The number of rotatable bonds is 2. The number of aliphatic hydroxyl groups is 1. The molecule has 0 spiro atoms. The van der Waals surface area contributed by atoms with Gasteiger partial charge in [-0.3, -0.25) is 0 Å². The fourth-order valence-corrected chi connectivity index (χ4v) is 2.53. The zero-order valence-corrected chi connectivity index (χ0v) is 10.3. The van der Waals surface area contributed by atoms with E-state index in [4.69, 9.17) is 9.47 Å². The van der Waals surface area contributed by atoms with Crippen LogP contribution in [0, 0.1) is 5.82 Å². The quantitative estimate of drug-likeness (QED) is 0.863. The van der Waals surface area contributed by atoms with Gasteiger partial charge in [-0.2, -0.15) is 0 Å². The van der Waals surface area contributed by atoms with Gasteiger partial charge in [-0.1, -0.05) is 6.92 Å². The van der Waals surface area contributed by atoms with Crippen molar-refractivity contribution in [3.05, 3.63) is 23.0 Å². The van der Waals surface area contributed by atoms with Crippen molar-refractivity contribution in [1.29, 1.82) is 0 Å². The number of hydrogen-bond acceptors (Lipinski definition) is 3. The van der Waals surface area contributed by atoms with E-state index in [0.717, 1.165) is 6.42 Å². The highest BCUT2D eigenvalue weighted by atomic mass is 19.1. The van der Waals surface area contributed by atoms with Crippen LogP contribution in [0.25, 0.3) is 0 Å². The van der Waals surface area contributed by atoms with Crippen molar-refractivity contribution in [2.45, 2.75) is 31.8 Å². The summed E-state index contributed by atoms with van der Waals surface area (Å²) in [4.78, 5) is 0. The van der Waals surface area contributed by atoms with Gasteiger partial charge in [0.05, 0.1) is 20.3 Å². The number of methoxy groups -OCH3 is 2. The lowest BCUT2D eigenvalue weighted by Crippen LogP contribution is -2.16. The van der Waals surface area contributed by atoms with Crippen molar-refractivity contribution in [1.82, 2.24) is 0 Å². The van der Waals surface area contributed by atoms with Crippen molar-refractivity contribution in [2.75, 3.05) is 14.2 Å². The monoisotopic (exact) mass is 240 g/mol. The van der Waals surface area contributed by atoms with Crippen molar-refractivity contribution in [3.8, 4) is 11.5 Å². The molecule has 4 heteroatoms. The molecule has 0 saturated carbocycles. The molecule has 17 heavy (non-hydrogen) atoms. The van der Waals surface area contributed by atoms with E-state index in [1.807, 2.05) is 6.92 Å². The Morgan fingerprint density at radius 3 is 2.53 bits per heavy atom. The zero-order valence-electron chi connectivity index (χ0n) is 10.3. The number of halogens is 1. The van der Waals surface area contributed by atoms with Crippen LogP contribution in [0.5, 0.6) is 11.5 Å². The Bertz CT molecular complexity index is 431. The molecule has 1 aromatic rings. The van der Waals surface area contributed by atoms with E-state index in [1.165, 1.54) is 20.3 Å². The van der Waals surface area contributed by atoms with Gasteiger partial charge in [0.15, 0.2) is 11.5 Å². The van der Waals surface area contributed by atoms with Crippen LogP contribution in [-0.4, -0.2) is 19.3 Å². The number of hydrogen-bond donors (Lipinski definition) is 1. The van der Waals surface area contributed by atoms with Crippen LogP contribution in [0.4, 0.5) is 4.39 Å². The SMILES string of the molecule is COc1cc(F)c2c(c1OC)C(O)CCC2C. The van der Waals surface area contributed by atoms with Crippen molar-refractivity contribution in [3.63, 3.8) is 0 Å². The average molecular weight is 240 g/mol. The molecule has 2 atom stereocenters. The van der Waals surface area contributed by atoms with E-state index >= 15 is 0 Å². The van der Waals surface area contributed by atoms with Crippen molar-refractivity contribution in [2.24, 2.45) is 0 Å². The fourth-order valence-electron chi connectivity index (χ4n) is 2.53.